The van der Waals surface area contributed by atoms with Gasteiger partial charge in [-0.3, -0.25) is 0 Å². The molecule has 0 saturated carbocycles. The first kappa shape index (κ1) is 14.6. The minimum Gasteiger partial charge on any atom is -0.383 e. The molecule has 3 nitrogen and oxygen atoms in total. The average Bonchev–Trinajstić information content (AvgIpc) is 2.32. The molecular weight excluding hydrogens is 280 g/mol. The third-order valence-corrected chi connectivity index (χ3v) is 3.05. The highest BCUT2D eigenvalue weighted by Gasteiger charge is 1.99. The van der Waals surface area contributed by atoms with E-state index in [4.69, 9.17) is 4.74 Å². The Morgan fingerprint density at radius 3 is 2.59 bits per heavy atom. The van der Waals surface area contributed by atoms with Crippen molar-refractivity contribution in [3.05, 3.63) is 34.3 Å². The summed E-state index contributed by atoms with van der Waals surface area (Å²) >= 11 is 3.44. The van der Waals surface area contributed by atoms with Crippen molar-refractivity contribution in [1.29, 1.82) is 0 Å². The van der Waals surface area contributed by atoms with Gasteiger partial charge >= 0.3 is 0 Å². The van der Waals surface area contributed by atoms with Crippen LogP contribution < -0.4 is 5.32 Å². The summed E-state index contributed by atoms with van der Waals surface area (Å²) in [5, 5.41) is 3.34. The second-order valence-corrected chi connectivity index (χ2v) is 5.02. The molecule has 0 heterocycles. The fraction of sp³-hybridized carbons (Fsp3) is 0.538. The maximum Gasteiger partial charge on any atom is 0.0587 e. The third kappa shape index (κ3) is 6.78. The summed E-state index contributed by atoms with van der Waals surface area (Å²) in [6.45, 7) is 4.72. The molecule has 0 spiro atoms. The van der Waals surface area contributed by atoms with Gasteiger partial charge in [-0.1, -0.05) is 28.1 Å². The van der Waals surface area contributed by atoms with Gasteiger partial charge in [-0.25, -0.2) is 0 Å². The Balaban J connectivity index is 2.16. The van der Waals surface area contributed by atoms with E-state index in [1.54, 1.807) is 7.11 Å². The standard InChI is InChI=1S/C13H21BrN2O/c1-16(9-7-15-8-10-17-2)11-12-3-5-13(14)6-4-12/h3-6,15H,7-11H2,1-2H3. The molecule has 0 aliphatic heterocycles. The van der Waals surface area contributed by atoms with E-state index in [1.807, 2.05) is 0 Å². The predicted molar refractivity (Wildman–Crippen MR) is 75.2 cm³/mol. The number of halogens is 1. The van der Waals surface area contributed by atoms with Gasteiger partial charge in [0.1, 0.15) is 0 Å². The molecule has 0 aliphatic carbocycles. The quantitative estimate of drug-likeness (QED) is 0.744. The predicted octanol–water partition coefficient (Wildman–Crippen LogP) is 2.12. The van der Waals surface area contributed by atoms with Crippen molar-refractivity contribution in [2.45, 2.75) is 6.54 Å². The van der Waals surface area contributed by atoms with E-state index in [1.165, 1.54) is 5.56 Å². The lowest BCUT2D eigenvalue weighted by Crippen LogP contribution is -2.30. The van der Waals surface area contributed by atoms with Crippen LogP contribution in [0.1, 0.15) is 5.56 Å². The van der Waals surface area contributed by atoms with Gasteiger partial charge in [0.2, 0.25) is 0 Å². The second kappa shape index (κ2) is 8.64. The largest absolute Gasteiger partial charge is 0.383 e. The number of likely N-dealkylation sites (N-methyl/N-ethyl adjacent to an activating group) is 1. The minimum absolute atomic E-state index is 0.774. The van der Waals surface area contributed by atoms with Gasteiger partial charge in [0.05, 0.1) is 6.61 Å². The van der Waals surface area contributed by atoms with E-state index < -0.39 is 0 Å². The highest BCUT2D eigenvalue weighted by atomic mass is 79.9. The molecule has 1 N–H and O–H groups in total. The Morgan fingerprint density at radius 1 is 1.24 bits per heavy atom. The SMILES string of the molecule is COCCNCCN(C)Cc1ccc(Br)cc1. The Kier molecular flexibility index (Phi) is 7.44. The topological polar surface area (TPSA) is 24.5 Å². The lowest BCUT2D eigenvalue weighted by molar-refractivity contribution is 0.197. The smallest absolute Gasteiger partial charge is 0.0587 e. The summed E-state index contributed by atoms with van der Waals surface area (Å²) in [5.74, 6) is 0. The molecule has 1 aromatic carbocycles. The average molecular weight is 301 g/mol. The maximum absolute atomic E-state index is 4.98. The first-order valence-corrected chi connectivity index (χ1v) is 6.64. The number of rotatable bonds is 8. The zero-order valence-corrected chi connectivity index (χ0v) is 12.2. The molecule has 17 heavy (non-hydrogen) atoms. The van der Waals surface area contributed by atoms with Crippen molar-refractivity contribution in [3.63, 3.8) is 0 Å². The fourth-order valence-electron chi connectivity index (χ4n) is 1.55. The highest BCUT2D eigenvalue weighted by molar-refractivity contribution is 9.10. The molecule has 96 valence electrons. The van der Waals surface area contributed by atoms with Crippen LogP contribution in [0.25, 0.3) is 0 Å². The molecule has 0 atom stereocenters. The summed E-state index contributed by atoms with van der Waals surface area (Å²) < 4.78 is 6.10. The molecule has 0 bridgehead atoms. The van der Waals surface area contributed by atoms with Crippen LogP contribution in [0.4, 0.5) is 0 Å². The molecule has 4 heteroatoms. The monoisotopic (exact) mass is 300 g/mol. The van der Waals surface area contributed by atoms with Gasteiger partial charge in [0.15, 0.2) is 0 Å². The maximum atomic E-state index is 4.98. The van der Waals surface area contributed by atoms with Crippen LogP contribution in [0.3, 0.4) is 0 Å². The number of benzene rings is 1. The zero-order chi connectivity index (χ0) is 12.5. The highest BCUT2D eigenvalue weighted by Crippen LogP contribution is 2.11. The van der Waals surface area contributed by atoms with Crippen LogP contribution in [0.15, 0.2) is 28.7 Å². The number of hydrogen-bond acceptors (Lipinski definition) is 3. The summed E-state index contributed by atoms with van der Waals surface area (Å²) in [6.07, 6.45) is 0. The van der Waals surface area contributed by atoms with Crippen LogP contribution in [0.5, 0.6) is 0 Å². The summed E-state index contributed by atoms with van der Waals surface area (Å²) in [5.41, 5.74) is 1.34. The van der Waals surface area contributed by atoms with Crippen molar-refractivity contribution in [1.82, 2.24) is 10.2 Å². The molecule has 0 aliphatic rings. The molecule has 0 unspecified atom stereocenters. The summed E-state index contributed by atoms with van der Waals surface area (Å²) in [7, 11) is 3.86. The first-order valence-electron chi connectivity index (χ1n) is 5.85. The van der Waals surface area contributed by atoms with Crippen LogP contribution in [0, 0.1) is 0 Å². The Hall–Kier alpha value is -0.420. The minimum atomic E-state index is 0.774. The van der Waals surface area contributed by atoms with Gasteiger partial charge in [-0.15, -0.1) is 0 Å². The van der Waals surface area contributed by atoms with Gasteiger partial charge in [-0.2, -0.15) is 0 Å². The summed E-state index contributed by atoms with van der Waals surface area (Å²) in [4.78, 5) is 2.31. The van der Waals surface area contributed by atoms with Crippen LogP contribution >= 0.6 is 15.9 Å². The second-order valence-electron chi connectivity index (χ2n) is 4.11. The van der Waals surface area contributed by atoms with E-state index in [2.05, 4.69) is 57.5 Å². The van der Waals surface area contributed by atoms with E-state index in [0.717, 1.165) is 37.3 Å². The van der Waals surface area contributed by atoms with Crippen molar-refractivity contribution >= 4 is 15.9 Å². The molecule has 1 aromatic rings. The molecular formula is C13H21BrN2O. The van der Waals surface area contributed by atoms with Crippen molar-refractivity contribution in [3.8, 4) is 0 Å². The number of ether oxygens (including phenoxy) is 1. The molecule has 0 radical (unpaired) electrons. The number of hydrogen-bond donors (Lipinski definition) is 1. The van der Waals surface area contributed by atoms with E-state index in [-0.39, 0.29) is 0 Å². The zero-order valence-electron chi connectivity index (χ0n) is 10.6. The van der Waals surface area contributed by atoms with E-state index in [0.29, 0.717) is 0 Å². The number of nitrogens with one attached hydrogen (secondary N) is 1. The molecule has 0 saturated heterocycles. The van der Waals surface area contributed by atoms with Gasteiger partial charge in [0.25, 0.3) is 0 Å². The van der Waals surface area contributed by atoms with Gasteiger partial charge in [-0.05, 0) is 24.7 Å². The van der Waals surface area contributed by atoms with Crippen LogP contribution in [0.2, 0.25) is 0 Å². The molecule has 0 amide bonds. The summed E-state index contributed by atoms with van der Waals surface area (Å²) in [6, 6.07) is 8.47. The Labute approximate surface area is 112 Å². The third-order valence-electron chi connectivity index (χ3n) is 2.52. The van der Waals surface area contributed by atoms with Crippen LogP contribution in [-0.4, -0.2) is 45.3 Å². The van der Waals surface area contributed by atoms with Crippen molar-refractivity contribution in [2.75, 3.05) is 40.4 Å². The van der Waals surface area contributed by atoms with E-state index >= 15 is 0 Å². The molecule has 1 rings (SSSR count). The fourth-order valence-corrected chi connectivity index (χ4v) is 1.81. The molecule has 0 aromatic heterocycles. The Morgan fingerprint density at radius 2 is 1.94 bits per heavy atom. The lowest BCUT2D eigenvalue weighted by Gasteiger charge is -2.17. The first-order chi connectivity index (χ1) is 8.22. The normalized spacial score (nSPS) is 11.1. The molecule has 0 fully saturated rings. The van der Waals surface area contributed by atoms with Gasteiger partial charge in [0, 0.05) is 37.8 Å². The van der Waals surface area contributed by atoms with Gasteiger partial charge < -0.3 is 15.0 Å². The van der Waals surface area contributed by atoms with Crippen LogP contribution in [-0.2, 0) is 11.3 Å². The number of nitrogens with zero attached hydrogens (tertiary/aromatic N) is 1. The Bertz CT molecular complexity index is 303. The number of methoxy groups -OCH3 is 1. The lowest BCUT2D eigenvalue weighted by atomic mass is 10.2. The van der Waals surface area contributed by atoms with E-state index in [9.17, 15) is 0 Å². The van der Waals surface area contributed by atoms with Crippen molar-refractivity contribution in [2.24, 2.45) is 0 Å². The van der Waals surface area contributed by atoms with Crippen molar-refractivity contribution < 1.29 is 4.74 Å².